The Morgan fingerprint density at radius 2 is 2.17 bits per heavy atom. The second-order valence-corrected chi connectivity index (χ2v) is 5.41. The fourth-order valence-corrected chi connectivity index (χ4v) is 3.50. The Bertz CT molecular complexity index is 435. The van der Waals surface area contributed by atoms with Crippen LogP contribution in [0.2, 0.25) is 0 Å². The summed E-state index contributed by atoms with van der Waals surface area (Å²) in [7, 11) is 0. The summed E-state index contributed by atoms with van der Waals surface area (Å²) in [6, 6.07) is 2.17. The van der Waals surface area contributed by atoms with Gasteiger partial charge in [-0.2, -0.15) is 0 Å². The third-order valence-corrected chi connectivity index (χ3v) is 4.45. The molecule has 2 fully saturated rings. The van der Waals surface area contributed by atoms with Gasteiger partial charge in [0.25, 0.3) is 0 Å². The third kappa shape index (κ3) is 1.88. The fourth-order valence-electron chi connectivity index (χ4n) is 3.50. The Kier molecular flexibility index (Phi) is 3.20. The van der Waals surface area contributed by atoms with Crippen LogP contribution in [-0.4, -0.2) is 17.6 Å². The first-order valence-electron chi connectivity index (χ1n) is 6.91. The second-order valence-electron chi connectivity index (χ2n) is 5.41. The molecule has 2 unspecified atom stereocenters. The van der Waals surface area contributed by atoms with Gasteiger partial charge in [-0.05, 0) is 31.2 Å². The number of fused-ring (bicyclic) bond motifs is 1. The Morgan fingerprint density at radius 3 is 3.00 bits per heavy atom. The minimum atomic E-state index is -0.216. The van der Waals surface area contributed by atoms with E-state index in [1.54, 1.807) is 12.3 Å². The molecule has 1 aromatic rings. The van der Waals surface area contributed by atoms with E-state index < -0.39 is 0 Å². The van der Waals surface area contributed by atoms with Crippen LogP contribution in [0.1, 0.15) is 37.7 Å². The predicted octanol–water partition coefficient (Wildman–Crippen LogP) is 2.45. The summed E-state index contributed by atoms with van der Waals surface area (Å²) in [5.74, 6) is 1.04. The van der Waals surface area contributed by atoms with Crippen molar-refractivity contribution in [3.63, 3.8) is 0 Å². The SMILES string of the molecule is NCc1ccnc(N2CCC3CCCCC32)c1F. The molecule has 0 bridgehead atoms. The van der Waals surface area contributed by atoms with Gasteiger partial charge in [0.1, 0.15) is 0 Å². The number of rotatable bonds is 2. The normalized spacial score (nSPS) is 27.3. The van der Waals surface area contributed by atoms with Crippen LogP contribution < -0.4 is 10.6 Å². The second kappa shape index (κ2) is 4.84. The van der Waals surface area contributed by atoms with Gasteiger partial charge in [0, 0.05) is 30.9 Å². The van der Waals surface area contributed by atoms with E-state index in [9.17, 15) is 4.39 Å². The van der Waals surface area contributed by atoms with Gasteiger partial charge in [-0.3, -0.25) is 0 Å². The summed E-state index contributed by atoms with van der Waals surface area (Å²) in [6.07, 6.45) is 7.91. The standard InChI is InChI=1S/C14H20FN3/c15-13-11(9-16)5-7-17-14(13)18-8-6-10-3-1-2-4-12(10)18/h5,7,10,12H,1-4,6,8-9,16H2. The van der Waals surface area contributed by atoms with Crippen LogP contribution in [0.15, 0.2) is 12.3 Å². The number of anilines is 1. The molecule has 1 aliphatic heterocycles. The van der Waals surface area contributed by atoms with Crippen molar-refractivity contribution in [3.05, 3.63) is 23.6 Å². The fraction of sp³-hybridized carbons (Fsp3) is 0.643. The van der Waals surface area contributed by atoms with Crippen molar-refractivity contribution in [2.45, 2.75) is 44.7 Å². The molecule has 0 aromatic carbocycles. The van der Waals surface area contributed by atoms with E-state index in [0.29, 0.717) is 17.4 Å². The van der Waals surface area contributed by atoms with E-state index in [1.165, 1.54) is 32.1 Å². The molecule has 18 heavy (non-hydrogen) atoms. The van der Waals surface area contributed by atoms with Gasteiger partial charge in [0.05, 0.1) is 0 Å². The van der Waals surface area contributed by atoms with Gasteiger partial charge < -0.3 is 10.6 Å². The highest BCUT2D eigenvalue weighted by Gasteiger charge is 2.37. The van der Waals surface area contributed by atoms with E-state index >= 15 is 0 Å². The molecule has 3 rings (SSSR count). The zero-order valence-electron chi connectivity index (χ0n) is 10.6. The van der Waals surface area contributed by atoms with Crippen molar-refractivity contribution >= 4 is 5.82 Å². The highest BCUT2D eigenvalue weighted by Crippen LogP contribution is 2.39. The number of halogens is 1. The van der Waals surface area contributed by atoms with Crippen LogP contribution in [0.4, 0.5) is 10.2 Å². The lowest BCUT2D eigenvalue weighted by atomic mass is 9.85. The summed E-state index contributed by atoms with van der Waals surface area (Å²) in [5, 5.41) is 0. The average Bonchev–Trinajstić information content (AvgIpc) is 2.83. The van der Waals surface area contributed by atoms with Crippen molar-refractivity contribution in [2.24, 2.45) is 11.7 Å². The Balaban J connectivity index is 1.90. The molecule has 0 amide bonds. The maximum atomic E-state index is 14.3. The maximum Gasteiger partial charge on any atom is 0.170 e. The van der Waals surface area contributed by atoms with Gasteiger partial charge in [-0.25, -0.2) is 9.37 Å². The topological polar surface area (TPSA) is 42.1 Å². The average molecular weight is 249 g/mol. The van der Waals surface area contributed by atoms with Crippen molar-refractivity contribution in [1.82, 2.24) is 4.98 Å². The molecule has 0 radical (unpaired) electrons. The molecule has 1 saturated carbocycles. The van der Waals surface area contributed by atoms with Gasteiger partial charge >= 0.3 is 0 Å². The van der Waals surface area contributed by atoms with Crippen LogP contribution in [0.3, 0.4) is 0 Å². The van der Waals surface area contributed by atoms with E-state index in [-0.39, 0.29) is 12.4 Å². The van der Waals surface area contributed by atoms with E-state index in [1.807, 2.05) is 0 Å². The molecule has 1 aromatic heterocycles. The molecule has 2 N–H and O–H groups in total. The van der Waals surface area contributed by atoms with Gasteiger partial charge in [0.15, 0.2) is 11.6 Å². The molecule has 1 aliphatic carbocycles. The van der Waals surface area contributed by atoms with Crippen LogP contribution in [-0.2, 0) is 6.54 Å². The summed E-state index contributed by atoms with van der Waals surface area (Å²) in [6.45, 7) is 1.18. The number of aromatic nitrogens is 1. The lowest BCUT2D eigenvalue weighted by molar-refractivity contribution is 0.340. The van der Waals surface area contributed by atoms with E-state index in [0.717, 1.165) is 12.5 Å². The first-order valence-corrected chi connectivity index (χ1v) is 6.91. The lowest BCUT2D eigenvalue weighted by Gasteiger charge is -2.32. The predicted molar refractivity (Wildman–Crippen MR) is 69.8 cm³/mol. The minimum Gasteiger partial charge on any atom is -0.351 e. The van der Waals surface area contributed by atoms with Crippen molar-refractivity contribution < 1.29 is 4.39 Å². The number of nitrogens with two attached hydrogens (primary N) is 1. The molecule has 98 valence electrons. The Morgan fingerprint density at radius 1 is 1.33 bits per heavy atom. The zero-order valence-corrected chi connectivity index (χ0v) is 10.6. The molecular weight excluding hydrogens is 229 g/mol. The first kappa shape index (κ1) is 11.9. The zero-order chi connectivity index (χ0) is 12.5. The molecular formula is C14H20FN3. The summed E-state index contributed by atoms with van der Waals surface area (Å²) in [4.78, 5) is 6.43. The van der Waals surface area contributed by atoms with Crippen LogP contribution >= 0.6 is 0 Å². The number of hydrogen-bond acceptors (Lipinski definition) is 3. The number of nitrogens with zero attached hydrogens (tertiary/aromatic N) is 2. The monoisotopic (exact) mass is 249 g/mol. The van der Waals surface area contributed by atoms with Crippen molar-refractivity contribution in [2.75, 3.05) is 11.4 Å². The van der Waals surface area contributed by atoms with Gasteiger partial charge in [-0.1, -0.05) is 12.8 Å². The summed E-state index contributed by atoms with van der Waals surface area (Å²) in [5.41, 5.74) is 6.13. The van der Waals surface area contributed by atoms with Crippen molar-refractivity contribution in [3.8, 4) is 0 Å². The maximum absolute atomic E-state index is 14.3. The number of pyridine rings is 1. The molecule has 4 heteroatoms. The molecule has 2 atom stereocenters. The molecule has 1 saturated heterocycles. The third-order valence-electron chi connectivity index (χ3n) is 4.45. The van der Waals surface area contributed by atoms with Crippen LogP contribution in [0, 0.1) is 11.7 Å². The number of hydrogen-bond donors (Lipinski definition) is 1. The van der Waals surface area contributed by atoms with Gasteiger partial charge in [0.2, 0.25) is 0 Å². The molecule has 3 nitrogen and oxygen atoms in total. The molecule has 0 spiro atoms. The largest absolute Gasteiger partial charge is 0.351 e. The lowest BCUT2D eigenvalue weighted by Crippen LogP contribution is -2.36. The smallest absolute Gasteiger partial charge is 0.170 e. The Labute approximate surface area is 107 Å². The van der Waals surface area contributed by atoms with Gasteiger partial charge in [-0.15, -0.1) is 0 Å². The molecule has 2 heterocycles. The quantitative estimate of drug-likeness (QED) is 0.875. The Hall–Kier alpha value is -1.16. The van der Waals surface area contributed by atoms with Crippen LogP contribution in [0.5, 0.6) is 0 Å². The first-order chi connectivity index (χ1) is 8.81. The summed E-state index contributed by atoms with van der Waals surface area (Å²) < 4.78 is 14.3. The highest BCUT2D eigenvalue weighted by molar-refractivity contribution is 5.45. The van der Waals surface area contributed by atoms with Crippen LogP contribution in [0.25, 0.3) is 0 Å². The van der Waals surface area contributed by atoms with E-state index in [4.69, 9.17) is 5.73 Å². The minimum absolute atomic E-state index is 0.216. The van der Waals surface area contributed by atoms with Crippen molar-refractivity contribution in [1.29, 1.82) is 0 Å². The highest BCUT2D eigenvalue weighted by atomic mass is 19.1. The molecule has 2 aliphatic rings. The van der Waals surface area contributed by atoms with E-state index in [2.05, 4.69) is 9.88 Å². The summed E-state index contributed by atoms with van der Waals surface area (Å²) >= 11 is 0.